The minimum atomic E-state index is -0.441. The van der Waals surface area contributed by atoms with Gasteiger partial charge in [-0.25, -0.2) is 4.57 Å². The summed E-state index contributed by atoms with van der Waals surface area (Å²) in [4.78, 5) is 29.0. The van der Waals surface area contributed by atoms with Crippen molar-refractivity contribution in [2.75, 3.05) is 20.8 Å². The lowest BCUT2D eigenvalue weighted by molar-refractivity contribution is -0.679. The number of pyridine rings is 1. The minimum Gasteiger partial charge on any atom is -0.496 e. The van der Waals surface area contributed by atoms with E-state index < -0.39 is 11.8 Å². The van der Waals surface area contributed by atoms with E-state index in [1.807, 2.05) is 36.0 Å². The zero-order valence-corrected chi connectivity index (χ0v) is 28.6. The van der Waals surface area contributed by atoms with E-state index in [-0.39, 0.29) is 6.54 Å². The predicted molar refractivity (Wildman–Crippen MR) is 184 cm³/mol. The van der Waals surface area contributed by atoms with Crippen molar-refractivity contribution in [2.45, 2.75) is 103 Å². The molecule has 2 aromatic carbocycles. The maximum Gasteiger partial charge on any atom is 0.265 e. The van der Waals surface area contributed by atoms with Crippen molar-refractivity contribution in [3.8, 4) is 17.2 Å². The van der Waals surface area contributed by atoms with Gasteiger partial charge < -0.3 is 14.2 Å². The van der Waals surface area contributed by atoms with Gasteiger partial charge in [-0.15, -0.1) is 0 Å². The highest BCUT2D eigenvalue weighted by atomic mass is 16.5. The molecule has 1 aromatic heterocycles. The number of imide groups is 1. The molecular weight excluding hydrogens is 576 g/mol. The fraction of sp³-hybridized carbons (Fsp3) is 0.513. The molecule has 46 heavy (non-hydrogen) atoms. The van der Waals surface area contributed by atoms with E-state index in [4.69, 9.17) is 14.2 Å². The van der Waals surface area contributed by atoms with Gasteiger partial charge in [-0.3, -0.25) is 14.5 Å². The number of hydrogen-bond acceptors (Lipinski definition) is 5. The number of unbranched alkanes of at least 4 members (excludes halogenated alkanes) is 13. The smallest absolute Gasteiger partial charge is 0.265 e. The maximum atomic E-state index is 13.9. The van der Waals surface area contributed by atoms with Crippen LogP contribution in [0.2, 0.25) is 0 Å². The summed E-state index contributed by atoms with van der Waals surface area (Å²) in [6.45, 7) is 2.95. The number of carbonyl (C=O) groups excluding carboxylic acids is 2. The average Bonchev–Trinajstić information content (AvgIpc) is 3.09. The molecule has 3 rings (SSSR count). The Balaban J connectivity index is 1.52. The number of carbonyl (C=O) groups is 2. The molecule has 0 N–H and O–H groups in total. The lowest BCUT2D eigenvalue weighted by Crippen LogP contribution is -2.42. The molecule has 7 heteroatoms. The zero-order chi connectivity index (χ0) is 33.0. The summed E-state index contributed by atoms with van der Waals surface area (Å²) in [6.07, 6.45) is 20.2. The van der Waals surface area contributed by atoms with E-state index in [0.717, 1.165) is 18.5 Å². The molecule has 0 fully saturated rings. The van der Waals surface area contributed by atoms with Crippen molar-refractivity contribution in [3.63, 3.8) is 0 Å². The first-order valence-corrected chi connectivity index (χ1v) is 17.2. The summed E-state index contributed by atoms with van der Waals surface area (Å²) in [7, 11) is 4.96. The number of amides is 2. The Morgan fingerprint density at radius 1 is 0.652 bits per heavy atom. The Hall–Kier alpha value is -3.87. The Bertz CT molecular complexity index is 1340. The summed E-state index contributed by atoms with van der Waals surface area (Å²) < 4.78 is 19.0. The summed E-state index contributed by atoms with van der Waals surface area (Å²) in [5, 5.41) is 0. The van der Waals surface area contributed by atoms with Crippen LogP contribution in [0.25, 0.3) is 0 Å². The number of rotatable bonds is 22. The van der Waals surface area contributed by atoms with Crippen molar-refractivity contribution >= 4 is 11.8 Å². The highest BCUT2D eigenvalue weighted by Crippen LogP contribution is 2.30. The van der Waals surface area contributed by atoms with Gasteiger partial charge in [-0.2, -0.15) is 0 Å². The molecule has 0 saturated carbocycles. The molecule has 0 unspecified atom stereocenters. The number of nitrogens with zero attached hydrogens (tertiary/aromatic N) is 2. The van der Waals surface area contributed by atoms with Crippen LogP contribution in [0.3, 0.4) is 0 Å². The number of hydrogen-bond donors (Lipinski definition) is 0. The lowest BCUT2D eigenvalue weighted by atomic mass is 10.0. The minimum absolute atomic E-state index is 0.0900. The highest BCUT2D eigenvalue weighted by molar-refractivity contribution is 6.11. The van der Waals surface area contributed by atoms with Crippen molar-refractivity contribution in [1.29, 1.82) is 0 Å². The molecule has 0 saturated heterocycles. The SMILES string of the molecule is CCCCCCCCCCCCCCCCOc1ccc(C(=O)N(Cc2cccc[n+]2C)C(=O)c2ccccc2OC)cc1OC. The van der Waals surface area contributed by atoms with Gasteiger partial charge in [0.05, 0.1) is 26.4 Å². The Labute approximate surface area is 276 Å². The molecule has 0 spiro atoms. The van der Waals surface area contributed by atoms with Crippen LogP contribution < -0.4 is 18.8 Å². The van der Waals surface area contributed by atoms with Gasteiger partial charge in [0.25, 0.3) is 11.8 Å². The quantitative estimate of drug-likeness (QED) is 0.0629. The fourth-order valence-electron chi connectivity index (χ4n) is 5.64. The van der Waals surface area contributed by atoms with Gasteiger partial charge in [-0.05, 0) is 36.8 Å². The molecule has 1 heterocycles. The van der Waals surface area contributed by atoms with E-state index >= 15 is 0 Å². The number of aromatic nitrogens is 1. The van der Waals surface area contributed by atoms with Gasteiger partial charge in [0.1, 0.15) is 19.3 Å². The van der Waals surface area contributed by atoms with Crippen molar-refractivity contribution in [3.05, 3.63) is 83.7 Å². The summed E-state index contributed by atoms with van der Waals surface area (Å²) in [5.74, 6) is 0.588. The molecular formula is C39H55N2O5+. The Morgan fingerprint density at radius 2 is 1.24 bits per heavy atom. The maximum absolute atomic E-state index is 13.9. The number of ether oxygens (including phenoxy) is 3. The molecule has 0 radical (unpaired) electrons. The van der Waals surface area contributed by atoms with E-state index in [9.17, 15) is 9.59 Å². The first kappa shape index (κ1) is 36.6. The second-order valence-corrected chi connectivity index (χ2v) is 12.0. The van der Waals surface area contributed by atoms with E-state index in [2.05, 4.69) is 6.92 Å². The van der Waals surface area contributed by atoms with Crippen LogP contribution >= 0.6 is 0 Å². The standard InChI is InChI=1S/C39H55N2O5/c1-5-6-7-8-9-10-11-12-13-14-15-16-17-22-29-46-36-27-26-32(30-37(36)45-4)38(42)41(31-33-23-20-21-28-40(33)2)39(43)34-24-18-19-25-35(34)44-3/h18-21,23-28,30H,5-17,22,29,31H2,1-4H3/q+1. The number of benzene rings is 2. The van der Waals surface area contributed by atoms with Crippen LogP contribution in [0, 0.1) is 0 Å². The first-order chi connectivity index (χ1) is 22.5. The van der Waals surface area contributed by atoms with Crippen LogP contribution in [0.4, 0.5) is 0 Å². The fourth-order valence-corrected chi connectivity index (χ4v) is 5.64. The van der Waals surface area contributed by atoms with E-state index in [1.165, 1.54) is 89.1 Å². The van der Waals surface area contributed by atoms with E-state index in [0.29, 0.717) is 35.0 Å². The number of para-hydroxylation sites is 1. The molecule has 0 aliphatic carbocycles. The van der Waals surface area contributed by atoms with E-state index in [1.54, 1.807) is 49.6 Å². The van der Waals surface area contributed by atoms with Crippen LogP contribution in [0.1, 0.15) is 123 Å². The largest absolute Gasteiger partial charge is 0.496 e. The number of aryl methyl sites for hydroxylation is 1. The molecule has 0 bridgehead atoms. The molecule has 0 aliphatic heterocycles. The van der Waals surface area contributed by atoms with Gasteiger partial charge in [-0.1, -0.05) is 109 Å². The van der Waals surface area contributed by atoms with Gasteiger partial charge in [0.2, 0.25) is 5.69 Å². The third-order valence-electron chi connectivity index (χ3n) is 8.48. The van der Waals surface area contributed by atoms with Crippen LogP contribution in [-0.4, -0.2) is 37.5 Å². The van der Waals surface area contributed by atoms with Gasteiger partial charge in [0, 0.05) is 17.7 Å². The molecule has 0 atom stereocenters. The molecule has 2 amide bonds. The molecule has 0 aliphatic rings. The molecule has 3 aromatic rings. The highest BCUT2D eigenvalue weighted by Gasteiger charge is 2.29. The zero-order valence-electron chi connectivity index (χ0n) is 28.6. The number of methoxy groups -OCH3 is 2. The summed E-state index contributed by atoms with van der Waals surface area (Å²) >= 11 is 0. The van der Waals surface area contributed by atoms with Crippen molar-refractivity contribution < 1.29 is 28.4 Å². The van der Waals surface area contributed by atoms with Crippen LogP contribution in [0.15, 0.2) is 66.9 Å². The molecule has 7 nitrogen and oxygen atoms in total. The Kier molecular flexibility index (Phi) is 16.7. The van der Waals surface area contributed by atoms with Crippen molar-refractivity contribution in [1.82, 2.24) is 4.90 Å². The van der Waals surface area contributed by atoms with Crippen molar-refractivity contribution in [2.24, 2.45) is 7.05 Å². The molecule has 250 valence electrons. The normalized spacial score (nSPS) is 10.9. The lowest BCUT2D eigenvalue weighted by Gasteiger charge is -2.21. The third kappa shape index (κ3) is 11.8. The van der Waals surface area contributed by atoms with Gasteiger partial charge in [0.15, 0.2) is 17.7 Å². The summed E-state index contributed by atoms with van der Waals surface area (Å²) in [5.41, 5.74) is 1.46. The monoisotopic (exact) mass is 631 g/mol. The predicted octanol–water partition coefficient (Wildman–Crippen LogP) is 8.87. The second kappa shape index (κ2) is 21.0. The Morgan fingerprint density at radius 3 is 1.85 bits per heavy atom. The third-order valence-corrected chi connectivity index (χ3v) is 8.48. The first-order valence-electron chi connectivity index (χ1n) is 17.2. The topological polar surface area (TPSA) is 69.0 Å². The van der Waals surface area contributed by atoms with Gasteiger partial charge >= 0.3 is 0 Å². The van der Waals surface area contributed by atoms with Crippen LogP contribution in [-0.2, 0) is 13.6 Å². The second-order valence-electron chi connectivity index (χ2n) is 12.0. The van der Waals surface area contributed by atoms with Crippen LogP contribution in [0.5, 0.6) is 17.2 Å². The summed E-state index contributed by atoms with van der Waals surface area (Å²) in [6, 6.07) is 17.7. The average molecular weight is 632 g/mol.